The van der Waals surface area contributed by atoms with E-state index in [4.69, 9.17) is 27.7 Å². The van der Waals surface area contributed by atoms with Gasteiger partial charge < -0.3 is 29.5 Å². The number of aromatic nitrogens is 2. The Labute approximate surface area is 229 Å². The van der Waals surface area contributed by atoms with Crippen LogP contribution in [0.4, 0.5) is 5.82 Å². The van der Waals surface area contributed by atoms with Gasteiger partial charge in [0.25, 0.3) is 0 Å². The van der Waals surface area contributed by atoms with Crippen molar-refractivity contribution in [2.75, 3.05) is 18.0 Å². The van der Waals surface area contributed by atoms with Gasteiger partial charge in [0.2, 0.25) is 0 Å². The lowest BCUT2D eigenvalue weighted by atomic mass is 9.95. The van der Waals surface area contributed by atoms with Crippen molar-refractivity contribution in [1.29, 1.82) is 0 Å². The molecule has 1 fully saturated rings. The second-order valence-corrected chi connectivity index (χ2v) is 11.5. The average Bonchev–Trinajstić information content (AvgIpc) is 3.41. The number of aliphatic imine (C=N–C) groups is 1. The minimum atomic E-state index is -4.50. The standard InChI is InChI=1S/C26H33N4O8P/c1-6-26(33)22(31)21(37-25(26)30-15-28-20-12-27-18(5)29-23(20)30)13-35-39(34,38-19-10-8-7-9-11-19)14-17(4)24(32)36-16(2)3/h1,7-11,15-17,21-22,25,31,33H,12-14H2,2-5H3,(H,27,29)/t17-,21-,22+,25-,26?,39+/m1/s1/i13D2. The number of hydrogen-bond donors (Lipinski definition) is 3. The van der Waals surface area contributed by atoms with Crippen molar-refractivity contribution in [3.05, 3.63) is 42.4 Å². The summed E-state index contributed by atoms with van der Waals surface area (Å²) in [5.74, 6) is 1.45. The zero-order valence-electron chi connectivity index (χ0n) is 24.0. The van der Waals surface area contributed by atoms with Gasteiger partial charge in [-0.05, 0) is 32.9 Å². The number of para-hydroxylation sites is 1. The summed E-state index contributed by atoms with van der Waals surface area (Å²) in [6, 6.07) is 7.88. The van der Waals surface area contributed by atoms with E-state index >= 15 is 0 Å². The van der Waals surface area contributed by atoms with Crippen LogP contribution in [0.25, 0.3) is 0 Å². The number of anilines is 1. The normalized spacial score (nSPS) is 27.6. The number of aliphatic hydroxyl groups is 2. The predicted octanol–water partition coefficient (Wildman–Crippen LogP) is 2.73. The van der Waals surface area contributed by atoms with Crippen LogP contribution in [-0.4, -0.2) is 68.2 Å². The Balaban J connectivity index is 1.64. The van der Waals surface area contributed by atoms with E-state index in [1.165, 1.54) is 30.0 Å². The number of terminal acetylenes is 1. The van der Waals surface area contributed by atoms with Gasteiger partial charge in [0.1, 0.15) is 29.5 Å². The van der Waals surface area contributed by atoms with Gasteiger partial charge in [-0.1, -0.05) is 31.0 Å². The van der Waals surface area contributed by atoms with Crippen LogP contribution in [0.2, 0.25) is 0 Å². The van der Waals surface area contributed by atoms with Gasteiger partial charge in [0.05, 0.1) is 46.2 Å². The first-order valence-electron chi connectivity index (χ1n) is 13.3. The summed E-state index contributed by atoms with van der Waals surface area (Å²) in [5, 5.41) is 25.4. The monoisotopic (exact) mass is 562 g/mol. The molecule has 0 aliphatic carbocycles. The van der Waals surface area contributed by atoms with Crippen molar-refractivity contribution in [2.45, 2.75) is 64.4 Å². The highest BCUT2D eigenvalue weighted by Crippen LogP contribution is 2.51. The van der Waals surface area contributed by atoms with E-state index in [9.17, 15) is 19.6 Å². The van der Waals surface area contributed by atoms with Crippen LogP contribution in [-0.2, 0) is 29.9 Å². The molecule has 2 aliphatic rings. The summed E-state index contributed by atoms with van der Waals surface area (Å²) in [6.07, 6.45) is 0.426. The SMILES string of the molecule is [2H]C([2H])(O[P@@](=O)(C[C@@H](C)C(=O)OC(C)C)Oc1ccccc1)[C@H]1O[C@@H](n2cnc3c2NC(C)=NC3)C(O)(C#C)[C@H]1O. The summed E-state index contributed by atoms with van der Waals surface area (Å²) in [6.45, 7) is 3.67. The molecule has 210 valence electrons. The van der Waals surface area contributed by atoms with Crippen molar-refractivity contribution in [1.82, 2.24) is 9.55 Å². The Morgan fingerprint density at radius 3 is 2.79 bits per heavy atom. The smallest absolute Gasteiger partial charge is 0.380 e. The van der Waals surface area contributed by atoms with Gasteiger partial charge in [-0.25, -0.2) is 9.55 Å². The van der Waals surface area contributed by atoms with E-state index in [-0.39, 0.29) is 12.3 Å². The number of ether oxygens (including phenoxy) is 2. The first-order valence-corrected chi connectivity index (χ1v) is 14.0. The quantitative estimate of drug-likeness (QED) is 0.224. The fraction of sp³-hybridized carbons (Fsp3) is 0.500. The Morgan fingerprint density at radius 2 is 2.13 bits per heavy atom. The average molecular weight is 563 g/mol. The summed E-state index contributed by atoms with van der Waals surface area (Å²) in [4.78, 5) is 21.0. The molecule has 2 aliphatic heterocycles. The number of benzene rings is 1. The van der Waals surface area contributed by atoms with Crippen LogP contribution in [0, 0.1) is 18.3 Å². The highest BCUT2D eigenvalue weighted by molar-refractivity contribution is 7.54. The summed E-state index contributed by atoms with van der Waals surface area (Å²) < 4.78 is 54.9. The molecule has 0 radical (unpaired) electrons. The number of nitrogens with one attached hydrogen (secondary N) is 1. The number of imidazole rings is 1. The molecule has 39 heavy (non-hydrogen) atoms. The molecule has 3 N–H and O–H groups in total. The number of amidine groups is 1. The fourth-order valence-corrected chi connectivity index (χ4v) is 5.79. The van der Waals surface area contributed by atoms with Gasteiger partial charge in [-0.2, -0.15) is 0 Å². The molecular formula is C26H33N4O8P. The van der Waals surface area contributed by atoms with E-state index in [0.29, 0.717) is 17.3 Å². The van der Waals surface area contributed by atoms with Gasteiger partial charge in [-0.15, -0.1) is 6.42 Å². The molecule has 0 bridgehead atoms. The molecule has 6 atom stereocenters. The second kappa shape index (κ2) is 11.5. The molecule has 3 heterocycles. The van der Waals surface area contributed by atoms with E-state index < -0.39 is 62.3 Å². The largest absolute Gasteiger partial charge is 0.463 e. The van der Waals surface area contributed by atoms with Crippen molar-refractivity contribution in [3.8, 4) is 18.1 Å². The number of nitrogens with zero attached hydrogens (tertiary/aromatic N) is 3. The molecular weight excluding hydrogens is 527 g/mol. The molecule has 1 aromatic carbocycles. The van der Waals surface area contributed by atoms with Gasteiger partial charge in [0.15, 0.2) is 11.8 Å². The van der Waals surface area contributed by atoms with Crippen LogP contribution in [0.1, 0.15) is 42.4 Å². The molecule has 4 rings (SSSR count). The molecule has 1 saturated heterocycles. The topological polar surface area (TPSA) is 154 Å². The molecule has 0 saturated carbocycles. The zero-order chi connectivity index (χ0) is 30.2. The number of fused-ring (bicyclic) bond motifs is 1. The maximum absolute atomic E-state index is 14.1. The second-order valence-electron chi connectivity index (χ2n) is 9.59. The molecule has 0 spiro atoms. The Morgan fingerprint density at radius 1 is 1.41 bits per heavy atom. The number of carbonyl (C=O) groups is 1. The zero-order valence-corrected chi connectivity index (χ0v) is 22.9. The van der Waals surface area contributed by atoms with Crippen LogP contribution in [0.15, 0.2) is 41.7 Å². The Hall–Kier alpha value is -3.20. The minimum absolute atomic E-state index is 0.0927. The lowest BCUT2D eigenvalue weighted by Gasteiger charge is -2.28. The van der Waals surface area contributed by atoms with Gasteiger partial charge >= 0.3 is 13.6 Å². The minimum Gasteiger partial charge on any atom is -0.463 e. The summed E-state index contributed by atoms with van der Waals surface area (Å²) in [7, 11) is -4.50. The summed E-state index contributed by atoms with van der Waals surface area (Å²) in [5.41, 5.74) is -1.93. The molecule has 1 unspecified atom stereocenters. The lowest BCUT2D eigenvalue weighted by Crippen LogP contribution is -2.46. The number of carbonyl (C=O) groups excluding carboxylic acids is 1. The third-order valence-electron chi connectivity index (χ3n) is 6.06. The number of esters is 1. The van der Waals surface area contributed by atoms with Crippen LogP contribution < -0.4 is 9.84 Å². The van der Waals surface area contributed by atoms with Gasteiger partial charge in [-0.3, -0.25) is 18.9 Å². The molecule has 2 aromatic rings. The first-order chi connectivity index (χ1) is 19.2. The van der Waals surface area contributed by atoms with Crippen molar-refractivity contribution < 1.29 is 40.8 Å². The van der Waals surface area contributed by atoms with E-state index in [2.05, 4.69) is 21.2 Å². The molecule has 0 amide bonds. The van der Waals surface area contributed by atoms with E-state index in [1.807, 2.05) is 0 Å². The first kappa shape index (κ1) is 26.0. The highest BCUT2D eigenvalue weighted by atomic mass is 31.2. The van der Waals surface area contributed by atoms with E-state index in [0.717, 1.165) is 0 Å². The predicted molar refractivity (Wildman–Crippen MR) is 142 cm³/mol. The van der Waals surface area contributed by atoms with Crippen LogP contribution in [0.3, 0.4) is 0 Å². The van der Waals surface area contributed by atoms with Crippen LogP contribution in [0.5, 0.6) is 5.75 Å². The Bertz CT molecular complexity index is 1400. The van der Waals surface area contributed by atoms with Gasteiger partial charge in [0, 0.05) is 0 Å². The molecule has 13 heteroatoms. The lowest BCUT2D eigenvalue weighted by molar-refractivity contribution is -0.151. The van der Waals surface area contributed by atoms with Crippen molar-refractivity contribution >= 4 is 25.2 Å². The molecule has 1 aromatic heterocycles. The maximum Gasteiger partial charge on any atom is 0.380 e. The van der Waals surface area contributed by atoms with Crippen molar-refractivity contribution in [2.24, 2.45) is 10.9 Å². The number of hydrogen-bond acceptors (Lipinski definition) is 11. The van der Waals surface area contributed by atoms with Crippen LogP contribution >= 0.6 is 7.60 Å². The third kappa shape index (κ3) is 6.19. The fourth-order valence-electron chi connectivity index (χ4n) is 4.08. The molecule has 12 nitrogen and oxygen atoms in total. The highest BCUT2D eigenvalue weighted by Gasteiger charge is 2.56. The number of aliphatic hydroxyl groups excluding tert-OH is 1. The summed E-state index contributed by atoms with van der Waals surface area (Å²) >= 11 is 0. The maximum atomic E-state index is 14.1. The third-order valence-corrected chi connectivity index (χ3v) is 7.92. The van der Waals surface area contributed by atoms with Crippen molar-refractivity contribution in [3.63, 3.8) is 0 Å². The van der Waals surface area contributed by atoms with E-state index in [1.54, 1.807) is 39.0 Å². The number of rotatable bonds is 10. The Kier molecular flexibility index (Phi) is 7.68.